The van der Waals surface area contributed by atoms with Crippen molar-refractivity contribution in [2.75, 3.05) is 0 Å². The summed E-state index contributed by atoms with van der Waals surface area (Å²) in [6, 6.07) is 0. The van der Waals surface area contributed by atoms with Crippen LogP contribution in [0.15, 0.2) is 0 Å². The van der Waals surface area contributed by atoms with Gasteiger partial charge in [0.2, 0.25) is 0 Å². The number of halogens is 2. The average Bonchev–Trinajstić information content (AvgIpc) is 0. The Morgan fingerprint density at radius 2 is 1.00 bits per heavy atom. The molecule has 4 heavy (non-hydrogen) atoms. The fourth-order valence-electron chi connectivity index (χ4n) is 0. The first-order valence-corrected chi connectivity index (χ1v) is 0. The summed E-state index contributed by atoms with van der Waals surface area (Å²) in [5, 5.41) is 0. The van der Waals surface area contributed by atoms with Crippen LogP contribution in [0.1, 0.15) is 2.85 Å². The summed E-state index contributed by atoms with van der Waals surface area (Å²) in [5.41, 5.74) is 0. The Hall–Kier alpha value is 1.87. The maximum atomic E-state index is 0. The van der Waals surface area contributed by atoms with E-state index in [0.717, 1.165) is 0 Å². The van der Waals surface area contributed by atoms with Gasteiger partial charge in [-0.15, -0.1) is 0 Å². The van der Waals surface area contributed by atoms with E-state index in [2.05, 4.69) is 0 Å². The molecular formula is H7AlF2Sr. The molecule has 0 unspecified atom stereocenters. The summed E-state index contributed by atoms with van der Waals surface area (Å²) in [4.78, 5) is 0. The van der Waals surface area contributed by atoms with E-state index in [9.17, 15) is 0 Å². The van der Waals surface area contributed by atoms with Crippen molar-refractivity contribution in [1.82, 2.24) is 0 Å². The third kappa shape index (κ3) is 9.11. The normalized spacial score (nSPS) is 0. The fourth-order valence-corrected chi connectivity index (χ4v) is 0. The van der Waals surface area contributed by atoms with Crippen LogP contribution in [-0.4, -0.2) is 62.8 Å². The van der Waals surface area contributed by atoms with Crippen LogP contribution in [0.5, 0.6) is 0 Å². The summed E-state index contributed by atoms with van der Waals surface area (Å²) in [7, 11) is 0. The van der Waals surface area contributed by atoms with Gasteiger partial charge in [0.05, 0.1) is 0 Å². The smallest absolute Gasteiger partial charge is 1.00 e. The van der Waals surface area contributed by atoms with Gasteiger partial charge >= 0.3 is 45.5 Å². The zero-order valence-corrected chi connectivity index (χ0v) is 5.00. The molecule has 0 aliphatic carbocycles. The Labute approximate surface area is 74.1 Å². The summed E-state index contributed by atoms with van der Waals surface area (Å²) in [6.07, 6.45) is 0. The Balaban J connectivity index is 0. The van der Waals surface area contributed by atoms with Gasteiger partial charge in [-0.05, 0) is 0 Å². The summed E-state index contributed by atoms with van der Waals surface area (Å²) in [6.45, 7) is 0. The van der Waals surface area contributed by atoms with Crippen LogP contribution in [0.25, 0.3) is 0 Å². The number of rotatable bonds is 0. The minimum atomic E-state index is 0. The molecule has 0 saturated heterocycles. The molecule has 0 aromatic carbocycles. The van der Waals surface area contributed by atoms with Gasteiger partial charge in [-0.3, -0.25) is 9.41 Å². The van der Waals surface area contributed by atoms with Crippen molar-refractivity contribution < 1.29 is 12.3 Å². The summed E-state index contributed by atoms with van der Waals surface area (Å²) in [5.74, 6) is 0. The van der Waals surface area contributed by atoms with Crippen LogP contribution in [0, 0.1) is 0 Å². The monoisotopic (exact) mass is 160 g/mol. The minimum absolute atomic E-state index is 0. The standard InChI is InChI=1S/Al.2FH.Sr.5H/h;2*1H;;;;;;/q;;;+2;;;;2*-1. The van der Waals surface area contributed by atoms with E-state index < -0.39 is 0 Å². The molecule has 0 N–H and O–H groups in total. The van der Waals surface area contributed by atoms with Crippen molar-refractivity contribution >= 4 is 62.8 Å². The molecule has 26 valence electrons. The molecule has 0 bridgehead atoms. The van der Waals surface area contributed by atoms with Crippen LogP contribution in [0.4, 0.5) is 9.41 Å². The molecule has 0 fully saturated rings. The Morgan fingerprint density at radius 1 is 1.00 bits per heavy atom. The van der Waals surface area contributed by atoms with E-state index in [1.54, 1.807) is 0 Å². The largest absolute Gasteiger partial charge is 2.00 e. The van der Waals surface area contributed by atoms with Crippen LogP contribution < -0.4 is 0 Å². The van der Waals surface area contributed by atoms with Crippen molar-refractivity contribution in [3.8, 4) is 0 Å². The Bertz CT molecular complexity index is 11.5. The molecule has 0 heterocycles. The van der Waals surface area contributed by atoms with Gasteiger partial charge in [-0.2, -0.15) is 0 Å². The molecule has 0 nitrogen and oxygen atoms in total. The molecule has 4 heteroatoms. The number of hydrogen-bond donors (Lipinski definition) is 0. The van der Waals surface area contributed by atoms with Gasteiger partial charge in [-0.1, -0.05) is 0 Å². The molecule has 0 rings (SSSR count). The van der Waals surface area contributed by atoms with E-state index in [-0.39, 0.29) is 75.1 Å². The quantitative estimate of drug-likeness (QED) is 0.397. The molecule has 0 aromatic rings. The van der Waals surface area contributed by atoms with Gasteiger partial charge in [0.1, 0.15) is 0 Å². The van der Waals surface area contributed by atoms with Crippen molar-refractivity contribution in [2.24, 2.45) is 0 Å². The molecule has 0 aliphatic rings. The predicted octanol–water partition coefficient (Wildman–Crippen LogP) is -1.03. The first kappa shape index (κ1) is 39.8. The maximum absolute atomic E-state index is 0. The van der Waals surface area contributed by atoms with Crippen LogP contribution >= 0.6 is 0 Å². The molecule has 0 aliphatic heterocycles. The second kappa shape index (κ2) is 20.8. The van der Waals surface area contributed by atoms with Crippen LogP contribution in [-0.2, 0) is 0 Å². The van der Waals surface area contributed by atoms with E-state index in [4.69, 9.17) is 0 Å². The Kier molecular flexibility index (Phi) is 207. The van der Waals surface area contributed by atoms with Crippen molar-refractivity contribution in [1.29, 1.82) is 0 Å². The SMILES string of the molecule is F.F.[AlH3].[H-].[H-].[Sr+2]. The van der Waals surface area contributed by atoms with E-state index in [1.165, 1.54) is 0 Å². The third-order valence-electron chi connectivity index (χ3n) is 0. The van der Waals surface area contributed by atoms with Gasteiger partial charge in [0, 0.05) is 0 Å². The van der Waals surface area contributed by atoms with E-state index >= 15 is 0 Å². The zero-order chi connectivity index (χ0) is 0. The minimum Gasteiger partial charge on any atom is -1.00 e. The first-order valence-electron chi connectivity index (χ1n) is 0. The van der Waals surface area contributed by atoms with Gasteiger partial charge in [0.25, 0.3) is 0 Å². The summed E-state index contributed by atoms with van der Waals surface area (Å²) >= 11 is 0. The molecular weight excluding hydrogens is 153 g/mol. The van der Waals surface area contributed by atoms with E-state index in [0.29, 0.717) is 0 Å². The molecule has 0 radical (unpaired) electrons. The van der Waals surface area contributed by atoms with Gasteiger partial charge < -0.3 is 2.85 Å². The predicted molar refractivity (Wildman–Crippen MR) is 22.9 cm³/mol. The molecule has 0 amide bonds. The molecule has 0 aromatic heterocycles. The van der Waals surface area contributed by atoms with Crippen molar-refractivity contribution in [2.45, 2.75) is 0 Å². The van der Waals surface area contributed by atoms with Gasteiger partial charge in [0.15, 0.2) is 17.4 Å². The van der Waals surface area contributed by atoms with Crippen molar-refractivity contribution in [3.63, 3.8) is 0 Å². The van der Waals surface area contributed by atoms with Crippen molar-refractivity contribution in [3.05, 3.63) is 0 Å². The second-order valence-corrected chi connectivity index (χ2v) is 0. The van der Waals surface area contributed by atoms with Crippen LogP contribution in [0.2, 0.25) is 0 Å². The second-order valence-electron chi connectivity index (χ2n) is 0. The van der Waals surface area contributed by atoms with E-state index in [1.807, 2.05) is 0 Å². The first-order chi connectivity index (χ1) is 0. The number of hydrogen-bond acceptors (Lipinski definition) is 0. The fraction of sp³-hybridized carbons (Fsp3) is 0. The van der Waals surface area contributed by atoms with Gasteiger partial charge in [-0.25, -0.2) is 0 Å². The third-order valence-corrected chi connectivity index (χ3v) is 0. The molecule has 0 saturated carbocycles. The van der Waals surface area contributed by atoms with Crippen LogP contribution in [0.3, 0.4) is 0 Å². The zero-order valence-electron chi connectivity index (χ0n) is 3.52. The Morgan fingerprint density at radius 3 is 1.00 bits per heavy atom. The summed E-state index contributed by atoms with van der Waals surface area (Å²) < 4.78 is 0. The molecule has 0 spiro atoms. The maximum Gasteiger partial charge on any atom is 2.00 e. The topological polar surface area (TPSA) is 0 Å². The molecule has 0 atom stereocenters. The average molecular weight is 160 g/mol.